The average Bonchev–Trinajstić information content (AvgIpc) is 3.36. The molecule has 0 saturated heterocycles. The minimum absolute atomic E-state index is 0.0329. The summed E-state index contributed by atoms with van der Waals surface area (Å²) in [5.74, 6) is 1.67. The smallest absolute Gasteiger partial charge is 0.251 e. The normalized spacial score (nSPS) is 19.5. The van der Waals surface area contributed by atoms with Crippen LogP contribution >= 0.6 is 0 Å². The van der Waals surface area contributed by atoms with Gasteiger partial charge in [-0.15, -0.1) is 0 Å². The lowest BCUT2D eigenvalue weighted by Crippen LogP contribution is -2.31. The lowest BCUT2D eigenvalue weighted by Gasteiger charge is -2.15. The Hall–Kier alpha value is -1.58. The second-order valence-corrected chi connectivity index (χ2v) is 6.16. The van der Waals surface area contributed by atoms with E-state index in [-0.39, 0.29) is 5.91 Å². The summed E-state index contributed by atoms with van der Waals surface area (Å²) in [4.78, 5) is 16.8. The van der Waals surface area contributed by atoms with Crippen molar-refractivity contribution in [2.24, 2.45) is 11.3 Å². The highest BCUT2D eigenvalue weighted by Gasteiger charge is 2.53. The van der Waals surface area contributed by atoms with Crippen LogP contribution < -0.4 is 10.6 Å². The summed E-state index contributed by atoms with van der Waals surface area (Å²) in [6, 6.07) is 3.72. The molecule has 2 fully saturated rings. The monoisotopic (exact) mass is 273 g/mol. The molecule has 4 nitrogen and oxygen atoms in total. The van der Waals surface area contributed by atoms with E-state index in [9.17, 15) is 4.79 Å². The summed E-state index contributed by atoms with van der Waals surface area (Å²) in [6.07, 6.45) is 6.12. The Labute approximate surface area is 120 Å². The number of nitrogens with one attached hydrogen (secondary N) is 2. The topological polar surface area (TPSA) is 54.0 Å². The van der Waals surface area contributed by atoms with Gasteiger partial charge in [0.15, 0.2) is 0 Å². The highest BCUT2D eigenvalue weighted by Crippen LogP contribution is 2.60. The van der Waals surface area contributed by atoms with E-state index in [1.165, 1.54) is 25.7 Å². The molecule has 2 aliphatic rings. The Morgan fingerprint density at radius 3 is 2.70 bits per heavy atom. The van der Waals surface area contributed by atoms with Crippen LogP contribution in [0.15, 0.2) is 12.1 Å². The maximum Gasteiger partial charge on any atom is 0.251 e. The zero-order chi connectivity index (χ0) is 14.2. The number of carbonyl (C=O) groups is 1. The molecule has 0 atom stereocenters. The number of anilines is 1. The van der Waals surface area contributed by atoms with Crippen molar-refractivity contribution in [1.82, 2.24) is 10.3 Å². The fourth-order valence-corrected chi connectivity index (χ4v) is 2.97. The molecular formula is C16H23N3O. The minimum atomic E-state index is 0.0329. The third-order valence-corrected chi connectivity index (χ3v) is 4.70. The molecule has 108 valence electrons. The van der Waals surface area contributed by atoms with E-state index in [0.717, 1.165) is 30.4 Å². The molecule has 2 aliphatic carbocycles. The number of carbonyl (C=O) groups excluding carboxylic acids is 1. The summed E-state index contributed by atoms with van der Waals surface area (Å²) < 4.78 is 0. The van der Waals surface area contributed by atoms with Crippen LogP contribution in [0.4, 0.5) is 5.82 Å². The van der Waals surface area contributed by atoms with E-state index in [1.54, 1.807) is 0 Å². The first kappa shape index (κ1) is 13.4. The molecule has 0 aromatic carbocycles. The molecule has 0 bridgehead atoms. The van der Waals surface area contributed by atoms with Crippen LogP contribution in [0, 0.1) is 11.3 Å². The zero-order valence-electron chi connectivity index (χ0n) is 12.3. The number of nitrogens with zero attached hydrogens (tertiary/aromatic N) is 1. The van der Waals surface area contributed by atoms with Gasteiger partial charge in [-0.1, -0.05) is 6.92 Å². The quantitative estimate of drug-likeness (QED) is 0.837. The Morgan fingerprint density at radius 1 is 1.40 bits per heavy atom. The van der Waals surface area contributed by atoms with Crippen molar-refractivity contribution in [2.45, 2.75) is 39.0 Å². The lowest BCUT2D eigenvalue weighted by molar-refractivity contribution is 0.0942. The van der Waals surface area contributed by atoms with Crippen molar-refractivity contribution in [3.8, 4) is 0 Å². The zero-order valence-corrected chi connectivity index (χ0v) is 12.3. The van der Waals surface area contributed by atoms with E-state index in [0.29, 0.717) is 11.0 Å². The Bertz CT molecular complexity index is 496. The molecular weight excluding hydrogens is 250 g/mol. The number of hydrogen-bond donors (Lipinski definition) is 2. The van der Waals surface area contributed by atoms with Gasteiger partial charge in [0.05, 0.1) is 0 Å². The maximum absolute atomic E-state index is 12.3. The maximum atomic E-state index is 12.3. The van der Waals surface area contributed by atoms with Gasteiger partial charge in [0.2, 0.25) is 0 Å². The highest BCUT2D eigenvalue weighted by molar-refractivity contribution is 5.95. The van der Waals surface area contributed by atoms with E-state index in [2.05, 4.69) is 22.5 Å². The number of aromatic nitrogens is 1. The molecule has 0 unspecified atom stereocenters. The average molecular weight is 273 g/mol. The summed E-state index contributed by atoms with van der Waals surface area (Å²) in [6.45, 7) is 2.89. The van der Waals surface area contributed by atoms with Crippen molar-refractivity contribution in [1.29, 1.82) is 0 Å². The van der Waals surface area contributed by atoms with Crippen LogP contribution in [-0.4, -0.2) is 24.5 Å². The van der Waals surface area contributed by atoms with Crippen molar-refractivity contribution in [2.75, 3.05) is 18.9 Å². The Balaban J connectivity index is 1.67. The summed E-state index contributed by atoms with van der Waals surface area (Å²) >= 11 is 0. The molecule has 3 rings (SSSR count). The van der Waals surface area contributed by atoms with E-state index in [4.69, 9.17) is 0 Å². The Kier molecular flexibility index (Phi) is 3.40. The predicted molar refractivity (Wildman–Crippen MR) is 79.9 cm³/mol. The van der Waals surface area contributed by atoms with Gasteiger partial charge in [0.25, 0.3) is 5.91 Å². The first-order valence-electron chi connectivity index (χ1n) is 7.64. The van der Waals surface area contributed by atoms with Gasteiger partial charge in [-0.25, -0.2) is 4.98 Å². The largest absolute Gasteiger partial charge is 0.373 e. The van der Waals surface area contributed by atoms with Crippen LogP contribution in [0.1, 0.15) is 48.7 Å². The fourth-order valence-electron chi connectivity index (χ4n) is 2.97. The minimum Gasteiger partial charge on any atom is -0.373 e. The van der Waals surface area contributed by atoms with Crippen molar-refractivity contribution in [3.63, 3.8) is 0 Å². The molecule has 1 aromatic heterocycles. The van der Waals surface area contributed by atoms with E-state index >= 15 is 0 Å². The third kappa shape index (κ3) is 2.65. The van der Waals surface area contributed by atoms with Crippen molar-refractivity contribution >= 4 is 11.7 Å². The number of aryl methyl sites for hydroxylation is 1. The van der Waals surface area contributed by atoms with Gasteiger partial charge in [0, 0.05) is 24.8 Å². The molecule has 1 heterocycles. The summed E-state index contributed by atoms with van der Waals surface area (Å²) in [5, 5.41) is 6.15. The molecule has 0 radical (unpaired) electrons. The van der Waals surface area contributed by atoms with Crippen LogP contribution in [0.25, 0.3) is 0 Å². The first-order valence-corrected chi connectivity index (χ1v) is 7.64. The Morgan fingerprint density at radius 2 is 2.15 bits per heavy atom. The van der Waals surface area contributed by atoms with Gasteiger partial charge < -0.3 is 10.6 Å². The number of pyridine rings is 1. The number of rotatable bonds is 6. The highest BCUT2D eigenvalue weighted by atomic mass is 16.1. The fraction of sp³-hybridized carbons (Fsp3) is 0.625. The van der Waals surface area contributed by atoms with Crippen LogP contribution in [0.5, 0.6) is 0 Å². The molecule has 2 N–H and O–H groups in total. The van der Waals surface area contributed by atoms with Crippen molar-refractivity contribution < 1.29 is 4.79 Å². The van der Waals surface area contributed by atoms with Gasteiger partial charge in [-0.3, -0.25) is 4.79 Å². The summed E-state index contributed by atoms with van der Waals surface area (Å²) in [5.41, 5.74) is 2.11. The van der Waals surface area contributed by atoms with Crippen LogP contribution in [-0.2, 0) is 6.42 Å². The summed E-state index contributed by atoms with van der Waals surface area (Å²) in [7, 11) is 1.83. The number of amides is 1. The van der Waals surface area contributed by atoms with E-state index < -0.39 is 0 Å². The molecule has 1 amide bonds. The van der Waals surface area contributed by atoms with Crippen LogP contribution in [0.2, 0.25) is 0 Å². The SMILES string of the molecule is CCc1cc(C(=O)NCC2(C3CC3)CC2)cc(NC)n1. The lowest BCUT2D eigenvalue weighted by atomic mass is 10.0. The van der Waals surface area contributed by atoms with Gasteiger partial charge >= 0.3 is 0 Å². The van der Waals surface area contributed by atoms with E-state index in [1.807, 2.05) is 19.2 Å². The molecule has 4 heteroatoms. The molecule has 20 heavy (non-hydrogen) atoms. The molecule has 1 aromatic rings. The third-order valence-electron chi connectivity index (χ3n) is 4.70. The van der Waals surface area contributed by atoms with Gasteiger partial charge in [0.1, 0.15) is 5.82 Å². The van der Waals surface area contributed by atoms with Crippen LogP contribution in [0.3, 0.4) is 0 Å². The first-order chi connectivity index (χ1) is 9.66. The predicted octanol–water partition coefficient (Wildman–Crippen LogP) is 2.61. The molecule has 0 aliphatic heterocycles. The standard InChI is InChI=1S/C16H23N3O/c1-3-13-8-11(9-14(17-2)19-13)15(20)18-10-16(6-7-16)12-4-5-12/h8-9,12H,3-7,10H2,1-2H3,(H,17,19)(H,18,20). The molecule has 0 spiro atoms. The molecule has 2 saturated carbocycles. The van der Waals surface area contributed by atoms with Gasteiger partial charge in [-0.2, -0.15) is 0 Å². The van der Waals surface area contributed by atoms with Gasteiger partial charge in [-0.05, 0) is 55.6 Å². The second kappa shape index (κ2) is 5.08. The van der Waals surface area contributed by atoms with Crippen molar-refractivity contribution in [3.05, 3.63) is 23.4 Å². The number of hydrogen-bond acceptors (Lipinski definition) is 3. The second-order valence-electron chi connectivity index (χ2n) is 6.16.